The van der Waals surface area contributed by atoms with Crippen LogP contribution in [0.2, 0.25) is 0 Å². The van der Waals surface area contributed by atoms with Gasteiger partial charge in [0.25, 0.3) is 0 Å². The third kappa shape index (κ3) is 1.70. The molecule has 0 N–H and O–H groups in total. The quantitative estimate of drug-likeness (QED) is 0.674. The summed E-state index contributed by atoms with van der Waals surface area (Å²) >= 11 is 0. The maximum absolute atomic E-state index is 8.95. The van der Waals surface area contributed by atoms with Crippen LogP contribution in [0.3, 0.4) is 0 Å². The van der Waals surface area contributed by atoms with Crippen molar-refractivity contribution in [3.05, 3.63) is 17.7 Å². The molecule has 0 amide bonds. The van der Waals surface area contributed by atoms with E-state index in [1.54, 1.807) is 6.20 Å². The van der Waals surface area contributed by atoms with Gasteiger partial charge in [-0.15, -0.1) is 0 Å². The average molecular weight is 178 g/mol. The minimum Gasteiger partial charge on any atom is -0.333 e. The topological polar surface area (TPSA) is 44.9 Å². The van der Waals surface area contributed by atoms with Crippen LogP contribution in [-0.2, 0) is 7.05 Å². The highest BCUT2D eigenvalue weighted by molar-refractivity contribution is 5.15. The Kier molecular flexibility index (Phi) is 2.69. The molecule has 4 heteroatoms. The number of aryl methyl sites for hydroxylation is 1. The van der Waals surface area contributed by atoms with E-state index >= 15 is 0 Å². The molecule has 4 nitrogen and oxygen atoms in total. The highest BCUT2D eigenvalue weighted by Crippen LogP contribution is 2.16. The van der Waals surface area contributed by atoms with Crippen LogP contribution >= 0.6 is 0 Å². The maximum atomic E-state index is 8.95. The van der Waals surface area contributed by atoms with Gasteiger partial charge in [-0.05, 0) is 21.0 Å². The van der Waals surface area contributed by atoms with E-state index in [1.165, 1.54) is 0 Å². The summed E-state index contributed by atoms with van der Waals surface area (Å²) in [5.41, 5.74) is 0.935. The van der Waals surface area contributed by atoms with Crippen LogP contribution in [0.1, 0.15) is 17.6 Å². The molecule has 0 saturated carbocycles. The van der Waals surface area contributed by atoms with E-state index in [4.69, 9.17) is 5.26 Å². The summed E-state index contributed by atoms with van der Waals surface area (Å²) in [6.45, 7) is 1.92. The first kappa shape index (κ1) is 9.75. The van der Waals surface area contributed by atoms with Crippen LogP contribution in [-0.4, -0.2) is 28.5 Å². The maximum Gasteiger partial charge on any atom is 0.140 e. The molecule has 1 unspecified atom stereocenters. The van der Waals surface area contributed by atoms with Gasteiger partial charge in [0.2, 0.25) is 0 Å². The molecule has 0 aliphatic rings. The smallest absolute Gasteiger partial charge is 0.140 e. The summed E-state index contributed by atoms with van der Waals surface area (Å²) in [6, 6.07) is 2.02. The Balaban J connectivity index is 3.07. The van der Waals surface area contributed by atoms with Gasteiger partial charge in [0, 0.05) is 7.05 Å². The normalized spacial score (nSPS) is 12.9. The highest BCUT2D eigenvalue weighted by atomic mass is 15.2. The average Bonchev–Trinajstić information content (AvgIpc) is 2.37. The Morgan fingerprint density at radius 1 is 1.62 bits per heavy atom. The van der Waals surface area contributed by atoms with Gasteiger partial charge in [0.15, 0.2) is 0 Å². The van der Waals surface area contributed by atoms with Crippen molar-refractivity contribution in [1.82, 2.24) is 14.5 Å². The number of imidazole rings is 1. The first-order valence-electron chi connectivity index (χ1n) is 4.12. The molecule has 1 aromatic rings. The Morgan fingerprint density at radius 2 is 2.23 bits per heavy atom. The van der Waals surface area contributed by atoms with Crippen LogP contribution < -0.4 is 0 Å². The molecule has 1 aromatic heterocycles. The predicted octanol–water partition coefficient (Wildman–Crippen LogP) is 0.855. The molecule has 1 atom stereocenters. The summed E-state index contributed by atoms with van der Waals surface area (Å²) in [4.78, 5) is 6.02. The molecule has 0 aliphatic carbocycles. The molecular formula is C9H14N4. The molecule has 0 saturated heterocycles. The van der Waals surface area contributed by atoms with E-state index in [2.05, 4.69) is 11.1 Å². The second-order valence-electron chi connectivity index (χ2n) is 3.28. The zero-order chi connectivity index (χ0) is 10.0. The minimum atomic E-state index is -0.216. The first-order valence-corrected chi connectivity index (χ1v) is 4.12. The van der Waals surface area contributed by atoms with Gasteiger partial charge in [-0.1, -0.05) is 0 Å². The summed E-state index contributed by atoms with van der Waals surface area (Å²) in [5.74, 6) is 0.928. The molecule has 0 bridgehead atoms. The summed E-state index contributed by atoms with van der Waals surface area (Å²) in [6.07, 6.45) is 1.75. The van der Waals surface area contributed by atoms with Crippen LogP contribution in [0.4, 0.5) is 0 Å². The van der Waals surface area contributed by atoms with E-state index in [-0.39, 0.29) is 6.04 Å². The number of hydrogen-bond acceptors (Lipinski definition) is 3. The van der Waals surface area contributed by atoms with Crippen LogP contribution in [0.15, 0.2) is 6.20 Å². The van der Waals surface area contributed by atoms with Crippen molar-refractivity contribution in [1.29, 1.82) is 5.26 Å². The first-order chi connectivity index (χ1) is 6.07. The Hall–Kier alpha value is -1.34. The van der Waals surface area contributed by atoms with Crippen LogP contribution in [0, 0.1) is 18.3 Å². The molecule has 1 rings (SSSR count). The summed E-state index contributed by atoms with van der Waals surface area (Å²) in [5, 5.41) is 8.95. The monoisotopic (exact) mass is 178 g/mol. The lowest BCUT2D eigenvalue weighted by molar-refractivity contribution is 0.346. The van der Waals surface area contributed by atoms with Crippen molar-refractivity contribution < 1.29 is 0 Å². The molecule has 0 aliphatic heterocycles. The SMILES string of the molecule is Cc1ncc(C(C#N)N(C)C)n1C. The standard InChI is InChI=1S/C9H14N4/c1-7-11-6-9(13(7)4)8(5-10)12(2)3/h6,8H,1-4H3. The van der Waals surface area contributed by atoms with E-state index in [1.807, 2.05) is 37.5 Å². The van der Waals surface area contributed by atoms with Gasteiger partial charge in [-0.3, -0.25) is 4.90 Å². The van der Waals surface area contributed by atoms with E-state index < -0.39 is 0 Å². The number of nitrogens with zero attached hydrogens (tertiary/aromatic N) is 4. The second-order valence-corrected chi connectivity index (χ2v) is 3.28. The lowest BCUT2D eigenvalue weighted by Crippen LogP contribution is -2.20. The molecular weight excluding hydrogens is 164 g/mol. The predicted molar refractivity (Wildman–Crippen MR) is 50.0 cm³/mol. The summed E-state index contributed by atoms with van der Waals surface area (Å²) in [7, 11) is 5.69. The van der Waals surface area contributed by atoms with Gasteiger partial charge < -0.3 is 4.57 Å². The molecule has 0 radical (unpaired) electrons. The molecule has 70 valence electrons. The lowest BCUT2D eigenvalue weighted by atomic mass is 10.2. The molecule has 0 aromatic carbocycles. The lowest BCUT2D eigenvalue weighted by Gasteiger charge is -2.17. The highest BCUT2D eigenvalue weighted by Gasteiger charge is 2.17. The van der Waals surface area contributed by atoms with Crippen LogP contribution in [0.25, 0.3) is 0 Å². The van der Waals surface area contributed by atoms with Gasteiger partial charge in [0.05, 0.1) is 18.0 Å². The van der Waals surface area contributed by atoms with Gasteiger partial charge in [-0.2, -0.15) is 5.26 Å². The Bertz CT molecular complexity index is 332. The van der Waals surface area contributed by atoms with Crippen molar-refractivity contribution >= 4 is 0 Å². The van der Waals surface area contributed by atoms with Crippen molar-refractivity contribution in [2.75, 3.05) is 14.1 Å². The minimum absolute atomic E-state index is 0.216. The molecule has 0 spiro atoms. The zero-order valence-electron chi connectivity index (χ0n) is 8.44. The van der Waals surface area contributed by atoms with Crippen molar-refractivity contribution in [3.8, 4) is 6.07 Å². The fraction of sp³-hybridized carbons (Fsp3) is 0.556. The fourth-order valence-electron chi connectivity index (χ4n) is 1.22. The Labute approximate surface area is 78.4 Å². The number of hydrogen-bond donors (Lipinski definition) is 0. The summed E-state index contributed by atoms with van der Waals surface area (Å²) < 4.78 is 1.94. The van der Waals surface area contributed by atoms with Crippen LogP contribution in [0.5, 0.6) is 0 Å². The number of nitriles is 1. The van der Waals surface area contributed by atoms with E-state index in [9.17, 15) is 0 Å². The van der Waals surface area contributed by atoms with Gasteiger partial charge >= 0.3 is 0 Å². The third-order valence-corrected chi connectivity index (χ3v) is 2.18. The fourth-order valence-corrected chi connectivity index (χ4v) is 1.22. The van der Waals surface area contributed by atoms with Gasteiger partial charge in [0.1, 0.15) is 11.9 Å². The largest absolute Gasteiger partial charge is 0.333 e. The number of aromatic nitrogens is 2. The zero-order valence-corrected chi connectivity index (χ0v) is 8.44. The second kappa shape index (κ2) is 3.58. The van der Waals surface area contributed by atoms with E-state index in [0.29, 0.717) is 0 Å². The molecule has 13 heavy (non-hydrogen) atoms. The van der Waals surface area contributed by atoms with Crippen molar-refractivity contribution in [2.24, 2.45) is 7.05 Å². The molecule has 1 heterocycles. The van der Waals surface area contributed by atoms with E-state index in [0.717, 1.165) is 11.5 Å². The Morgan fingerprint density at radius 3 is 2.54 bits per heavy atom. The third-order valence-electron chi connectivity index (χ3n) is 2.18. The van der Waals surface area contributed by atoms with Crippen molar-refractivity contribution in [3.63, 3.8) is 0 Å². The number of rotatable bonds is 2. The van der Waals surface area contributed by atoms with Crippen molar-refractivity contribution in [2.45, 2.75) is 13.0 Å². The molecule has 0 fully saturated rings. The van der Waals surface area contributed by atoms with Gasteiger partial charge in [-0.25, -0.2) is 4.98 Å².